The molecule has 0 bridgehead atoms. The molecule has 0 spiro atoms. The number of hydrogen-bond acceptors (Lipinski definition) is 8. The van der Waals surface area contributed by atoms with Crippen LogP contribution in [-0.2, 0) is 13.0 Å². The normalized spacial score (nSPS) is 12.6. The van der Waals surface area contributed by atoms with Crippen LogP contribution in [0.4, 0.5) is 23.0 Å². The van der Waals surface area contributed by atoms with Gasteiger partial charge in [0.15, 0.2) is 0 Å². The van der Waals surface area contributed by atoms with Gasteiger partial charge in [0.25, 0.3) is 5.69 Å². The Labute approximate surface area is 234 Å². The van der Waals surface area contributed by atoms with Gasteiger partial charge in [0.05, 0.1) is 28.9 Å². The van der Waals surface area contributed by atoms with Crippen molar-refractivity contribution in [3.8, 4) is 17.0 Å². The molecule has 0 aliphatic carbocycles. The molecule has 0 atom stereocenters. The Balaban J connectivity index is 1.58. The minimum Gasteiger partial charge on any atom is -0.494 e. The number of likely N-dealkylation sites (N-methyl/N-ethyl adjacent to an activating group) is 2. The summed E-state index contributed by atoms with van der Waals surface area (Å²) in [5.41, 5.74) is 6.93. The van der Waals surface area contributed by atoms with E-state index in [1.807, 2.05) is 37.9 Å². The highest BCUT2D eigenvalue weighted by Gasteiger charge is 2.24. The Bertz CT molecular complexity index is 1610. The summed E-state index contributed by atoms with van der Waals surface area (Å²) in [4.78, 5) is 25.1. The summed E-state index contributed by atoms with van der Waals surface area (Å²) >= 11 is 0. The maximum Gasteiger partial charge on any atom is 0.294 e. The fourth-order valence-corrected chi connectivity index (χ4v) is 5.27. The van der Waals surface area contributed by atoms with Gasteiger partial charge in [-0.3, -0.25) is 10.1 Å². The van der Waals surface area contributed by atoms with Crippen LogP contribution in [0, 0.1) is 10.1 Å². The van der Waals surface area contributed by atoms with Crippen molar-refractivity contribution in [2.24, 2.45) is 0 Å². The maximum absolute atomic E-state index is 12.1. The van der Waals surface area contributed by atoms with E-state index in [4.69, 9.17) is 9.72 Å². The Morgan fingerprint density at radius 1 is 1.25 bits per heavy atom. The topological polar surface area (TPSA) is 102 Å². The van der Waals surface area contributed by atoms with Gasteiger partial charge in [0, 0.05) is 67.7 Å². The molecular weight excluding hydrogens is 506 g/mol. The molecule has 10 heteroatoms. The number of para-hydroxylation sites is 1. The van der Waals surface area contributed by atoms with E-state index in [9.17, 15) is 10.1 Å². The number of nitrogens with one attached hydrogen (secondary N) is 1. The lowest BCUT2D eigenvalue weighted by Gasteiger charge is -2.22. The minimum atomic E-state index is -0.378. The van der Waals surface area contributed by atoms with Crippen LogP contribution in [0.5, 0.6) is 5.75 Å². The van der Waals surface area contributed by atoms with E-state index < -0.39 is 0 Å². The molecule has 10 nitrogen and oxygen atoms in total. The molecule has 1 aliphatic heterocycles. The van der Waals surface area contributed by atoms with Gasteiger partial charge in [0.2, 0.25) is 5.95 Å². The highest BCUT2D eigenvalue weighted by Crippen LogP contribution is 2.40. The Hall–Kier alpha value is -4.44. The summed E-state index contributed by atoms with van der Waals surface area (Å²) in [7, 11) is 7.31. The largest absolute Gasteiger partial charge is 0.494 e. The van der Waals surface area contributed by atoms with Crippen molar-refractivity contribution in [1.29, 1.82) is 0 Å². The van der Waals surface area contributed by atoms with Crippen molar-refractivity contribution in [3.05, 3.63) is 70.5 Å². The zero-order chi connectivity index (χ0) is 28.6. The van der Waals surface area contributed by atoms with Gasteiger partial charge in [-0.25, -0.2) is 9.97 Å². The van der Waals surface area contributed by atoms with Gasteiger partial charge < -0.3 is 24.4 Å². The number of benzene rings is 2. The zero-order valence-electron chi connectivity index (χ0n) is 23.7. The molecule has 208 valence electrons. The van der Waals surface area contributed by atoms with E-state index in [1.54, 1.807) is 19.4 Å². The molecule has 2 aromatic carbocycles. The predicted molar refractivity (Wildman–Crippen MR) is 161 cm³/mol. The number of rotatable bonds is 10. The summed E-state index contributed by atoms with van der Waals surface area (Å²) in [6, 6.07) is 9.58. The van der Waals surface area contributed by atoms with Gasteiger partial charge in [-0.2, -0.15) is 0 Å². The molecule has 4 aromatic rings. The van der Waals surface area contributed by atoms with Crippen LogP contribution in [-0.4, -0.2) is 65.7 Å². The molecule has 5 rings (SSSR count). The molecule has 0 fully saturated rings. The second-order valence-corrected chi connectivity index (χ2v) is 10.5. The lowest BCUT2D eigenvalue weighted by molar-refractivity contribution is -0.384. The number of aryl methyl sites for hydroxylation is 2. The molecule has 1 aliphatic rings. The SMILES string of the molecule is C=C(C)c1cnc(Nc2cc([N+](=O)[O-])c(N(C)CCN(C)C)cc2OC)nc1-c1cn2c3c(cccc13)CCC2. The third-order valence-corrected chi connectivity index (χ3v) is 7.36. The number of hydrogen-bond donors (Lipinski definition) is 1. The molecule has 2 aromatic heterocycles. The molecule has 40 heavy (non-hydrogen) atoms. The first-order valence-electron chi connectivity index (χ1n) is 13.3. The van der Waals surface area contributed by atoms with Crippen molar-refractivity contribution in [2.75, 3.05) is 51.6 Å². The average molecular weight is 542 g/mol. The number of ether oxygens (including phenoxy) is 1. The summed E-state index contributed by atoms with van der Waals surface area (Å²) < 4.78 is 7.95. The van der Waals surface area contributed by atoms with Crippen molar-refractivity contribution < 1.29 is 9.66 Å². The number of nitro benzene ring substituents is 1. The Morgan fingerprint density at radius 2 is 2.05 bits per heavy atom. The van der Waals surface area contributed by atoms with E-state index in [1.165, 1.54) is 17.1 Å². The smallest absolute Gasteiger partial charge is 0.294 e. The zero-order valence-corrected chi connectivity index (χ0v) is 23.7. The summed E-state index contributed by atoms with van der Waals surface area (Å²) in [5, 5.41) is 16.4. The molecule has 1 N–H and O–H groups in total. The number of aromatic nitrogens is 3. The first-order chi connectivity index (χ1) is 19.2. The highest BCUT2D eigenvalue weighted by molar-refractivity contribution is 5.99. The fourth-order valence-electron chi connectivity index (χ4n) is 5.27. The van der Waals surface area contributed by atoms with Crippen molar-refractivity contribution in [2.45, 2.75) is 26.3 Å². The van der Waals surface area contributed by atoms with Gasteiger partial charge >= 0.3 is 0 Å². The third-order valence-electron chi connectivity index (χ3n) is 7.36. The molecule has 3 heterocycles. The Morgan fingerprint density at radius 3 is 2.75 bits per heavy atom. The van der Waals surface area contributed by atoms with Crippen molar-refractivity contribution in [1.82, 2.24) is 19.4 Å². The molecule has 0 radical (unpaired) electrons. The highest BCUT2D eigenvalue weighted by atomic mass is 16.6. The van der Waals surface area contributed by atoms with Crippen LogP contribution in [0.25, 0.3) is 27.7 Å². The van der Waals surface area contributed by atoms with E-state index in [0.717, 1.165) is 53.7 Å². The van der Waals surface area contributed by atoms with Crippen LogP contribution < -0.4 is 15.0 Å². The quantitative estimate of drug-likeness (QED) is 0.200. The fraction of sp³-hybridized carbons (Fsp3) is 0.333. The predicted octanol–water partition coefficient (Wildman–Crippen LogP) is 5.74. The molecule has 0 unspecified atom stereocenters. The van der Waals surface area contributed by atoms with Crippen molar-refractivity contribution >= 4 is 39.5 Å². The van der Waals surface area contributed by atoms with Crippen molar-refractivity contribution in [3.63, 3.8) is 0 Å². The van der Waals surface area contributed by atoms with Gasteiger partial charge in [-0.15, -0.1) is 0 Å². The molecule has 0 saturated carbocycles. The Kier molecular flexibility index (Phi) is 7.44. The number of nitro groups is 1. The van der Waals surface area contributed by atoms with E-state index in [0.29, 0.717) is 29.6 Å². The van der Waals surface area contributed by atoms with Crippen LogP contribution in [0.1, 0.15) is 24.5 Å². The first-order valence-corrected chi connectivity index (χ1v) is 13.3. The monoisotopic (exact) mass is 541 g/mol. The second kappa shape index (κ2) is 11.0. The van der Waals surface area contributed by atoms with E-state index in [-0.39, 0.29) is 10.6 Å². The van der Waals surface area contributed by atoms with Gasteiger partial charge in [0.1, 0.15) is 11.4 Å². The number of allylic oxidation sites excluding steroid dienone is 1. The standard InChI is InChI=1S/C30H35N7O3/c1-19(2)22-17-31-30(33-28(22)23-18-36-12-8-10-20-9-7-11-21(23)29(20)36)32-24-15-26(37(38)39)25(16-27(24)40-6)35(5)14-13-34(3)4/h7,9,11,15-18H,1,8,10,12-14H2,2-6H3,(H,31,32,33). The summed E-state index contributed by atoms with van der Waals surface area (Å²) in [6.07, 6.45) is 6.08. The molecule has 0 amide bonds. The number of nitrogens with zero attached hydrogens (tertiary/aromatic N) is 6. The maximum atomic E-state index is 12.1. The second-order valence-electron chi connectivity index (χ2n) is 10.5. The van der Waals surface area contributed by atoms with Crippen LogP contribution in [0.2, 0.25) is 0 Å². The van der Waals surface area contributed by atoms with Gasteiger partial charge in [-0.05, 0) is 45.0 Å². The minimum absolute atomic E-state index is 0.0303. The summed E-state index contributed by atoms with van der Waals surface area (Å²) in [5.74, 6) is 0.770. The molecule has 0 saturated heterocycles. The average Bonchev–Trinajstić information content (AvgIpc) is 3.31. The number of anilines is 3. The lowest BCUT2D eigenvalue weighted by Crippen LogP contribution is -2.28. The van der Waals surface area contributed by atoms with E-state index in [2.05, 4.69) is 45.8 Å². The van der Waals surface area contributed by atoms with Crippen LogP contribution in [0.3, 0.4) is 0 Å². The molecular formula is C30H35N7O3. The van der Waals surface area contributed by atoms with E-state index >= 15 is 0 Å². The van der Waals surface area contributed by atoms with Gasteiger partial charge in [-0.1, -0.05) is 24.8 Å². The first kappa shape index (κ1) is 27.1. The lowest BCUT2D eigenvalue weighted by atomic mass is 9.99. The third kappa shape index (κ3) is 5.10. The summed E-state index contributed by atoms with van der Waals surface area (Å²) in [6.45, 7) is 8.43. The number of methoxy groups -OCH3 is 1. The van der Waals surface area contributed by atoms with Crippen LogP contribution >= 0.6 is 0 Å². The van der Waals surface area contributed by atoms with Crippen LogP contribution in [0.15, 0.2) is 49.3 Å².